The van der Waals surface area contributed by atoms with E-state index in [-0.39, 0.29) is 10.7 Å². The molecule has 1 amide bonds. The number of nitrogens with zero attached hydrogens (tertiary/aromatic N) is 3. The second kappa shape index (κ2) is 6.09. The van der Waals surface area contributed by atoms with Gasteiger partial charge >= 0.3 is 0 Å². The van der Waals surface area contributed by atoms with Crippen LogP contribution in [-0.4, -0.2) is 28.5 Å². The third kappa shape index (κ3) is 3.03. The van der Waals surface area contributed by atoms with E-state index in [0.717, 1.165) is 29.8 Å². The van der Waals surface area contributed by atoms with Crippen LogP contribution in [0.4, 0.5) is 14.5 Å². The molecule has 11 heteroatoms. The summed E-state index contributed by atoms with van der Waals surface area (Å²) < 4.78 is 51.3. The smallest absolute Gasteiger partial charge is 0.284 e. The molecule has 124 valence electrons. The van der Waals surface area contributed by atoms with Crippen molar-refractivity contribution in [3.63, 3.8) is 0 Å². The van der Waals surface area contributed by atoms with Crippen LogP contribution in [0.2, 0.25) is 0 Å². The van der Waals surface area contributed by atoms with Crippen molar-refractivity contribution in [3.8, 4) is 0 Å². The normalized spacial score (nSPS) is 11.4. The maximum atomic E-state index is 13.2. The highest BCUT2D eigenvalue weighted by Gasteiger charge is 2.21. The standard InChI is InChI=1S/C13H8F2N4O3S2/c14-10-2-1-9(5-11(10)15)24(21,22)19-7-8(6-17-19)18-12(20)13-16-3-4-23-13/h1-7H,(H,18,20). The van der Waals surface area contributed by atoms with Gasteiger partial charge in [-0.1, -0.05) is 0 Å². The Morgan fingerprint density at radius 1 is 1.25 bits per heavy atom. The van der Waals surface area contributed by atoms with Crippen molar-refractivity contribution in [2.45, 2.75) is 4.90 Å². The molecule has 0 aliphatic carbocycles. The minimum atomic E-state index is -4.21. The van der Waals surface area contributed by atoms with Crippen LogP contribution in [0.1, 0.15) is 9.80 Å². The molecular formula is C13H8F2N4O3S2. The van der Waals surface area contributed by atoms with Crippen LogP contribution in [0.15, 0.2) is 47.1 Å². The fraction of sp³-hybridized carbons (Fsp3) is 0. The highest BCUT2D eigenvalue weighted by Crippen LogP contribution is 2.18. The third-order valence-electron chi connectivity index (χ3n) is 2.88. The van der Waals surface area contributed by atoms with Crippen molar-refractivity contribution in [3.05, 3.63) is 58.8 Å². The molecular weight excluding hydrogens is 362 g/mol. The number of anilines is 1. The summed E-state index contributed by atoms with van der Waals surface area (Å²) >= 11 is 1.12. The van der Waals surface area contributed by atoms with Gasteiger partial charge in [0.05, 0.1) is 23.0 Å². The lowest BCUT2D eigenvalue weighted by atomic mass is 10.3. The largest absolute Gasteiger partial charge is 0.317 e. The zero-order chi connectivity index (χ0) is 17.3. The quantitative estimate of drug-likeness (QED) is 0.759. The van der Waals surface area contributed by atoms with Crippen molar-refractivity contribution in [2.24, 2.45) is 0 Å². The Morgan fingerprint density at radius 2 is 2.04 bits per heavy atom. The third-order valence-corrected chi connectivity index (χ3v) is 5.19. The van der Waals surface area contributed by atoms with E-state index < -0.39 is 32.5 Å². The minimum Gasteiger partial charge on any atom is -0.317 e. The fourth-order valence-electron chi connectivity index (χ4n) is 1.77. The van der Waals surface area contributed by atoms with Crippen LogP contribution in [-0.2, 0) is 10.0 Å². The van der Waals surface area contributed by atoms with Crippen LogP contribution in [0, 0.1) is 11.6 Å². The van der Waals surface area contributed by atoms with E-state index in [4.69, 9.17) is 0 Å². The Balaban J connectivity index is 1.86. The summed E-state index contributed by atoms with van der Waals surface area (Å²) in [5.74, 6) is -2.97. The summed E-state index contributed by atoms with van der Waals surface area (Å²) in [4.78, 5) is 15.2. The molecule has 0 unspecified atom stereocenters. The van der Waals surface area contributed by atoms with Crippen LogP contribution in [0.25, 0.3) is 0 Å². The van der Waals surface area contributed by atoms with E-state index in [1.54, 1.807) is 5.38 Å². The lowest BCUT2D eigenvalue weighted by molar-refractivity contribution is 0.102. The van der Waals surface area contributed by atoms with E-state index in [9.17, 15) is 22.0 Å². The first-order valence-electron chi connectivity index (χ1n) is 6.34. The Bertz CT molecular complexity index is 1000. The minimum absolute atomic E-state index is 0.112. The first-order valence-corrected chi connectivity index (χ1v) is 8.66. The molecule has 2 heterocycles. The van der Waals surface area contributed by atoms with Crippen molar-refractivity contribution in [1.29, 1.82) is 0 Å². The second-order valence-electron chi connectivity index (χ2n) is 4.47. The van der Waals surface area contributed by atoms with Gasteiger partial charge < -0.3 is 5.32 Å². The van der Waals surface area contributed by atoms with E-state index in [1.165, 1.54) is 6.20 Å². The molecule has 2 aromatic heterocycles. The topological polar surface area (TPSA) is 94.0 Å². The van der Waals surface area contributed by atoms with Gasteiger partial charge in [0, 0.05) is 11.6 Å². The second-order valence-corrected chi connectivity index (χ2v) is 7.16. The molecule has 0 saturated carbocycles. The first-order chi connectivity index (χ1) is 11.4. The van der Waals surface area contributed by atoms with Crippen LogP contribution in [0.5, 0.6) is 0 Å². The highest BCUT2D eigenvalue weighted by molar-refractivity contribution is 7.89. The Morgan fingerprint density at radius 3 is 2.71 bits per heavy atom. The van der Waals surface area contributed by atoms with Gasteiger partial charge in [-0.25, -0.2) is 13.8 Å². The lowest BCUT2D eigenvalue weighted by Crippen LogP contribution is -2.14. The Hall–Kier alpha value is -2.66. The molecule has 0 atom stereocenters. The molecule has 24 heavy (non-hydrogen) atoms. The van der Waals surface area contributed by atoms with E-state index in [0.29, 0.717) is 16.2 Å². The number of thiazole rings is 1. The lowest BCUT2D eigenvalue weighted by Gasteiger charge is -2.04. The fourth-order valence-corrected chi connectivity index (χ4v) is 3.43. The maximum Gasteiger partial charge on any atom is 0.284 e. The predicted octanol–water partition coefficient (Wildman–Crippen LogP) is 2.11. The summed E-state index contributed by atoms with van der Waals surface area (Å²) in [6.07, 6.45) is 3.61. The highest BCUT2D eigenvalue weighted by atomic mass is 32.2. The van der Waals surface area contributed by atoms with Gasteiger partial charge in [0.1, 0.15) is 0 Å². The molecule has 0 radical (unpaired) electrons. The van der Waals surface area contributed by atoms with Crippen LogP contribution < -0.4 is 5.32 Å². The molecule has 1 aromatic carbocycles. The Labute approximate surface area is 138 Å². The van der Waals surface area contributed by atoms with E-state index >= 15 is 0 Å². The number of aromatic nitrogens is 3. The number of hydrogen-bond acceptors (Lipinski definition) is 6. The van der Waals surface area contributed by atoms with Gasteiger partial charge in [-0.2, -0.15) is 17.6 Å². The van der Waals surface area contributed by atoms with Crippen molar-refractivity contribution in [1.82, 2.24) is 14.2 Å². The first kappa shape index (κ1) is 16.2. The average Bonchev–Trinajstić information content (AvgIpc) is 3.21. The summed E-state index contributed by atoms with van der Waals surface area (Å²) in [7, 11) is -4.21. The molecule has 0 aliphatic rings. The molecule has 7 nitrogen and oxygen atoms in total. The maximum absolute atomic E-state index is 13.2. The average molecular weight is 370 g/mol. The number of carbonyl (C=O) groups is 1. The molecule has 0 fully saturated rings. The van der Waals surface area contributed by atoms with Gasteiger partial charge in [0.25, 0.3) is 15.9 Å². The van der Waals surface area contributed by atoms with Gasteiger partial charge in [-0.3, -0.25) is 4.79 Å². The number of benzene rings is 1. The van der Waals surface area contributed by atoms with Crippen LogP contribution in [0.3, 0.4) is 0 Å². The molecule has 0 bridgehead atoms. The molecule has 0 spiro atoms. The van der Waals surface area contributed by atoms with Crippen molar-refractivity contribution >= 4 is 33.0 Å². The SMILES string of the molecule is O=C(Nc1cnn(S(=O)(=O)c2ccc(F)c(F)c2)c1)c1nccs1. The zero-order valence-corrected chi connectivity index (χ0v) is 13.3. The summed E-state index contributed by atoms with van der Waals surface area (Å²) in [6, 6.07) is 2.18. The van der Waals surface area contributed by atoms with Gasteiger partial charge in [0.2, 0.25) is 0 Å². The van der Waals surface area contributed by atoms with Gasteiger partial charge in [-0.15, -0.1) is 11.3 Å². The molecule has 0 saturated heterocycles. The number of hydrogen-bond donors (Lipinski definition) is 1. The zero-order valence-electron chi connectivity index (χ0n) is 11.7. The van der Waals surface area contributed by atoms with E-state index in [2.05, 4.69) is 15.4 Å². The number of rotatable bonds is 4. The number of nitrogens with one attached hydrogen (secondary N) is 1. The summed E-state index contributed by atoms with van der Waals surface area (Å²) in [5, 5.41) is 7.88. The molecule has 1 N–H and O–H groups in total. The molecule has 0 aliphatic heterocycles. The Kier molecular flexibility index (Phi) is 4.11. The van der Waals surface area contributed by atoms with E-state index in [1.807, 2.05) is 0 Å². The summed E-state index contributed by atoms with van der Waals surface area (Å²) in [5.41, 5.74) is 0.112. The van der Waals surface area contributed by atoms with Gasteiger partial charge in [0.15, 0.2) is 16.6 Å². The predicted molar refractivity (Wildman–Crippen MR) is 81.2 cm³/mol. The van der Waals surface area contributed by atoms with Crippen molar-refractivity contribution in [2.75, 3.05) is 5.32 Å². The van der Waals surface area contributed by atoms with Crippen molar-refractivity contribution < 1.29 is 22.0 Å². The van der Waals surface area contributed by atoms with Gasteiger partial charge in [-0.05, 0) is 18.2 Å². The number of carbonyl (C=O) groups excluding carboxylic acids is 1. The molecule has 3 aromatic rings. The summed E-state index contributed by atoms with van der Waals surface area (Å²) in [6.45, 7) is 0. The number of amides is 1. The monoisotopic (exact) mass is 370 g/mol. The van der Waals surface area contributed by atoms with Crippen LogP contribution >= 0.6 is 11.3 Å². The number of halogens is 2. The molecule has 3 rings (SSSR count).